The summed E-state index contributed by atoms with van der Waals surface area (Å²) in [5.74, 6) is 0.0608. The summed E-state index contributed by atoms with van der Waals surface area (Å²) in [5, 5.41) is 0. The SMILES string of the molecule is COc1cccc(CF)c1C(=O)CN. The molecule has 0 unspecified atom stereocenters. The molecule has 0 aromatic heterocycles. The summed E-state index contributed by atoms with van der Waals surface area (Å²) in [6.07, 6.45) is 0. The van der Waals surface area contributed by atoms with Crippen LogP contribution in [0.3, 0.4) is 0 Å². The molecule has 0 aliphatic heterocycles. The van der Waals surface area contributed by atoms with E-state index in [2.05, 4.69) is 0 Å². The number of ketones is 1. The van der Waals surface area contributed by atoms with E-state index in [9.17, 15) is 9.18 Å². The minimum atomic E-state index is -0.696. The Balaban J connectivity index is 3.25. The summed E-state index contributed by atoms with van der Waals surface area (Å²) in [5.41, 5.74) is 5.79. The smallest absolute Gasteiger partial charge is 0.180 e. The molecule has 0 aliphatic carbocycles. The van der Waals surface area contributed by atoms with E-state index in [1.165, 1.54) is 7.11 Å². The van der Waals surface area contributed by atoms with Gasteiger partial charge in [0.25, 0.3) is 0 Å². The zero-order valence-electron chi connectivity index (χ0n) is 7.92. The van der Waals surface area contributed by atoms with Crippen molar-refractivity contribution >= 4 is 5.78 Å². The molecule has 0 saturated heterocycles. The van der Waals surface area contributed by atoms with Gasteiger partial charge in [-0.3, -0.25) is 4.79 Å². The van der Waals surface area contributed by atoms with E-state index in [0.29, 0.717) is 11.3 Å². The molecule has 3 nitrogen and oxygen atoms in total. The summed E-state index contributed by atoms with van der Waals surface area (Å²) < 4.78 is 17.5. The van der Waals surface area contributed by atoms with Gasteiger partial charge in [0.2, 0.25) is 0 Å². The Morgan fingerprint density at radius 3 is 2.79 bits per heavy atom. The fourth-order valence-corrected chi connectivity index (χ4v) is 1.28. The van der Waals surface area contributed by atoms with Crippen LogP contribution in [0, 0.1) is 0 Å². The highest BCUT2D eigenvalue weighted by Gasteiger charge is 2.15. The first-order valence-electron chi connectivity index (χ1n) is 4.19. The average Bonchev–Trinajstić information content (AvgIpc) is 2.26. The number of carbonyl (C=O) groups is 1. The molecular formula is C10H12FNO2. The van der Waals surface area contributed by atoms with Crippen molar-refractivity contribution in [3.63, 3.8) is 0 Å². The topological polar surface area (TPSA) is 52.3 Å². The summed E-state index contributed by atoms with van der Waals surface area (Å²) in [6.45, 7) is -0.842. The number of hydrogen-bond donors (Lipinski definition) is 1. The Hall–Kier alpha value is -1.42. The Bertz CT molecular complexity index is 317. The van der Waals surface area contributed by atoms with E-state index in [1.54, 1.807) is 18.2 Å². The van der Waals surface area contributed by atoms with Crippen molar-refractivity contribution in [3.05, 3.63) is 29.3 Å². The van der Waals surface area contributed by atoms with Crippen molar-refractivity contribution < 1.29 is 13.9 Å². The fraction of sp³-hybridized carbons (Fsp3) is 0.300. The van der Waals surface area contributed by atoms with Gasteiger partial charge in [-0.05, 0) is 11.6 Å². The Morgan fingerprint density at radius 1 is 1.57 bits per heavy atom. The standard InChI is InChI=1S/C10H12FNO2/c1-14-9-4-2-3-7(5-11)10(9)8(13)6-12/h2-4H,5-6,12H2,1H3. The van der Waals surface area contributed by atoms with Crippen LogP contribution in [0.4, 0.5) is 4.39 Å². The fourth-order valence-electron chi connectivity index (χ4n) is 1.28. The van der Waals surface area contributed by atoms with Crippen LogP contribution in [-0.2, 0) is 6.67 Å². The maximum absolute atomic E-state index is 12.6. The first-order valence-corrected chi connectivity index (χ1v) is 4.19. The molecule has 0 amide bonds. The second kappa shape index (κ2) is 4.72. The Labute approximate surface area is 81.7 Å². The van der Waals surface area contributed by atoms with Crippen LogP contribution < -0.4 is 10.5 Å². The number of benzene rings is 1. The van der Waals surface area contributed by atoms with Crippen molar-refractivity contribution in [1.29, 1.82) is 0 Å². The van der Waals surface area contributed by atoms with Gasteiger partial charge in [-0.15, -0.1) is 0 Å². The number of alkyl halides is 1. The van der Waals surface area contributed by atoms with Crippen LogP contribution in [0.5, 0.6) is 5.75 Å². The van der Waals surface area contributed by atoms with Gasteiger partial charge in [0.05, 0.1) is 19.2 Å². The molecule has 76 valence electrons. The molecule has 0 saturated carbocycles. The molecular weight excluding hydrogens is 185 g/mol. The maximum atomic E-state index is 12.6. The van der Waals surface area contributed by atoms with Crippen LogP contribution in [0.1, 0.15) is 15.9 Å². The second-order valence-corrected chi connectivity index (χ2v) is 2.76. The maximum Gasteiger partial charge on any atom is 0.180 e. The highest BCUT2D eigenvalue weighted by atomic mass is 19.1. The van der Waals surface area contributed by atoms with E-state index in [0.717, 1.165) is 0 Å². The quantitative estimate of drug-likeness (QED) is 0.740. The highest BCUT2D eigenvalue weighted by molar-refractivity contribution is 6.01. The van der Waals surface area contributed by atoms with Gasteiger partial charge in [0.15, 0.2) is 5.78 Å². The molecule has 1 rings (SSSR count). The first kappa shape index (κ1) is 10.7. The van der Waals surface area contributed by atoms with Crippen LogP contribution in [-0.4, -0.2) is 19.4 Å². The normalized spacial score (nSPS) is 9.93. The molecule has 4 heteroatoms. The minimum Gasteiger partial charge on any atom is -0.496 e. The summed E-state index contributed by atoms with van der Waals surface area (Å²) in [4.78, 5) is 11.4. The molecule has 0 fully saturated rings. The summed E-state index contributed by atoms with van der Waals surface area (Å²) >= 11 is 0. The van der Waals surface area contributed by atoms with Crippen molar-refractivity contribution in [1.82, 2.24) is 0 Å². The van der Waals surface area contributed by atoms with Crippen LogP contribution >= 0.6 is 0 Å². The zero-order valence-corrected chi connectivity index (χ0v) is 7.92. The molecule has 0 heterocycles. The largest absolute Gasteiger partial charge is 0.496 e. The average molecular weight is 197 g/mol. The predicted octanol–water partition coefficient (Wildman–Crippen LogP) is 1.31. The monoisotopic (exact) mass is 197 g/mol. The van der Waals surface area contributed by atoms with Crippen LogP contribution in [0.15, 0.2) is 18.2 Å². The van der Waals surface area contributed by atoms with Crippen molar-refractivity contribution in [3.8, 4) is 5.75 Å². The molecule has 1 aromatic carbocycles. The van der Waals surface area contributed by atoms with E-state index < -0.39 is 6.67 Å². The van der Waals surface area contributed by atoms with Gasteiger partial charge >= 0.3 is 0 Å². The lowest BCUT2D eigenvalue weighted by Crippen LogP contribution is -2.16. The Morgan fingerprint density at radius 2 is 2.29 bits per heavy atom. The van der Waals surface area contributed by atoms with E-state index in [4.69, 9.17) is 10.5 Å². The number of hydrogen-bond acceptors (Lipinski definition) is 3. The predicted molar refractivity (Wildman–Crippen MR) is 51.2 cm³/mol. The van der Waals surface area contributed by atoms with Gasteiger partial charge < -0.3 is 10.5 Å². The molecule has 0 aliphatic rings. The number of Topliss-reactive ketones (excluding diaryl/α,β-unsaturated/α-hetero) is 1. The number of halogens is 1. The summed E-state index contributed by atoms with van der Waals surface area (Å²) in [7, 11) is 1.44. The van der Waals surface area contributed by atoms with Gasteiger partial charge in [-0.2, -0.15) is 0 Å². The lowest BCUT2D eigenvalue weighted by molar-refractivity contribution is 0.0996. The number of ether oxygens (including phenoxy) is 1. The number of rotatable bonds is 4. The van der Waals surface area contributed by atoms with Gasteiger partial charge in [-0.1, -0.05) is 12.1 Å². The number of carbonyl (C=O) groups excluding carboxylic acids is 1. The third kappa shape index (κ3) is 1.90. The molecule has 0 bridgehead atoms. The van der Waals surface area contributed by atoms with Gasteiger partial charge in [-0.25, -0.2) is 4.39 Å². The summed E-state index contributed by atoms with van der Waals surface area (Å²) in [6, 6.07) is 4.80. The third-order valence-electron chi connectivity index (χ3n) is 1.94. The second-order valence-electron chi connectivity index (χ2n) is 2.76. The number of nitrogens with two attached hydrogens (primary N) is 1. The lowest BCUT2D eigenvalue weighted by Gasteiger charge is -2.09. The van der Waals surface area contributed by atoms with Crippen molar-refractivity contribution in [2.75, 3.05) is 13.7 Å². The van der Waals surface area contributed by atoms with E-state index >= 15 is 0 Å². The molecule has 0 radical (unpaired) electrons. The zero-order chi connectivity index (χ0) is 10.6. The first-order chi connectivity index (χ1) is 6.74. The molecule has 1 aromatic rings. The van der Waals surface area contributed by atoms with Gasteiger partial charge in [0.1, 0.15) is 12.4 Å². The number of methoxy groups -OCH3 is 1. The third-order valence-corrected chi connectivity index (χ3v) is 1.94. The van der Waals surface area contributed by atoms with E-state index in [1.807, 2.05) is 0 Å². The Kier molecular flexibility index (Phi) is 3.59. The molecule has 2 N–H and O–H groups in total. The van der Waals surface area contributed by atoms with Crippen LogP contribution in [0.25, 0.3) is 0 Å². The molecule has 14 heavy (non-hydrogen) atoms. The minimum absolute atomic E-state index is 0.145. The van der Waals surface area contributed by atoms with Crippen molar-refractivity contribution in [2.45, 2.75) is 6.67 Å². The van der Waals surface area contributed by atoms with E-state index in [-0.39, 0.29) is 17.9 Å². The van der Waals surface area contributed by atoms with Gasteiger partial charge in [0, 0.05) is 0 Å². The van der Waals surface area contributed by atoms with Crippen molar-refractivity contribution in [2.24, 2.45) is 5.73 Å². The molecule has 0 atom stereocenters. The lowest BCUT2D eigenvalue weighted by atomic mass is 10.0. The highest BCUT2D eigenvalue weighted by Crippen LogP contribution is 2.23. The van der Waals surface area contributed by atoms with Crippen LogP contribution in [0.2, 0.25) is 0 Å². The molecule has 0 spiro atoms.